The molecule has 21 heavy (non-hydrogen) atoms. The highest BCUT2D eigenvalue weighted by atomic mass is 79.9. The molecule has 1 aromatic heterocycles. The van der Waals surface area contributed by atoms with Crippen molar-refractivity contribution >= 4 is 15.9 Å². The number of aromatic nitrogens is 2. The zero-order chi connectivity index (χ0) is 15.6. The fraction of sp³-hybridized carbons (Fsp3) is 0.438. The molecule has 0 fully saturated rings. The summed E-state index contributed by atoms with van der Waals surface area (Å²) in [5, 5.41) is 7.90. The Balaban J connectivity index is 2.09. The molecule has 1 aromatic carbocycles. The topological polar surface area (TPSA) is 29.9 Å². The summed E-state index contributed by atoms with van der Waals surface area (Å²) < 4.78 is 16.6. The molecule has 0 amide bonds. The summed E-state index contributed by atoms with van der Waals surface area (Å²) in [7, 11) is 1.94. The van der Waals surface area contributed by atoms with Crippen molar-refractivity contribution in [3.05, 3.63) is 51.0 Å². The van der Waals surface area contributed by atoms with E-state index in [1.54, 1.807) is 13.0 Å². The average Bonchev–Trinajstić information content (AvgIpc) is 2.73. The highest BCUT2D eigenvalue weighted by Crippen LogP contribution is 2.23. The van der Waals surface area contributed by atoms with Crippen LogP contribution in [0.1, 0.15) is 42.4 Å². The van der Waals surface area contributed by atoms with Crippen molar-refractivity contribution in [1.82, 2.24) is 15.1 Å². The number of aryl methyl sites for hydroxylation is 3. The van der Waals surface area contributed by atoms with Crippen LogP contribution in [0, 0.1) is 12.7 Å². The molecule has 0 radical (unpaired) electrons. The number of nitrogens with one attached hydrogen (secondary N) is 1. The highest BCUT2D eigenvalue weighted by Gasteiger charge is 2.14. The van der Waals surface area contributed by atoms with Crippen molar-refractivity contribution < 1.29 is 4.39 Å². The number of hydrogen-bond acceptors (Lipinski definition) is 2. The van der Waals surface area contributed by atoms with Crippen molar-refractivity contribution in [2.24, 2.45) is 7.05 Å². The third kappa shape index (κ3) is 3.52. The van der Waals surface area contributed by atoms with E-state index in [1.807, 2.05) is 30.8 Å². The van der Waals surface area contributed by atoms with Gasteiger partial charge in [-0.15, -0.1) is 0 Å². The lowest BCUT2D eigenvalue weighted by molar-refractivity contribution is 0.540. The summed E-state index contributed by atoms with van der Waals surface area (Å²) in [6.07, 6.45) is 0.896. The maximum absolute atomic E-state index is 13.6. The van der Waals surface area contributed by atoms with Crippen molar-refractivity contribution in [3.63, 3.8) is 0 Å². The molecule has 1 heterocycles. The molecule has 1 N–H and O–H groups in total. The van der Waals surface area contributed by atoms with Gasteiger partial charge < -0.3 is 5.32 Å². The van der Waals surface area contributed by atoms with E-state index in [1.165, 1.54) is 0 Å². The molecule has 3 nitrogen and oxygen atoms in total. The first-order valence-corrected chi connectivity index (χ1v) is 7.93. The van der Waals surface area contributed by atoms with Crippen molar-refractivity contribution in [3.8, 4) is 0 Å². The molecule has 0 spiro atoms. The lowest BCUT2D eigenvalue weighted by Crippen LogP contribution is -2.20. The van der Waals surface area contributed by atoms with Crippen LogP contribution in [0.3, 0.4) is 0 Å². The highest BCUT2D eigenvalue weighted by molar-refractivity contribution is 9.10. The molecule has 0 saturated carbocycles. The average molecular weight is 354 g/mol. The summed E-state index contributed by atoms with van der Waals surface area (Å²) in [6, 6.07) is 5.46. The van der Waals surface area contributed by atoms with Gasteiger partial charge in [-0.05, 0) is 53.4 Å². The van der Waals surface area contributed by atoms with E-state index < -0.39 is 0 Å². The van der Waals surface area contributed by atoms with Crippen molar-refractivity contribution in [2.45, 2.75) is 39.8 Å². The Bertz CT molecular complexity index is 637. The number of hydrogen-bond donors (Lipinski definition) is 1. The molecular weight excluding hydrogens is 333 g/mol. The molecule has 0 aliphatic rings. The Hall–Kier alpha value is -1.20. The van der Waals surface area contributed by atoms with Crippen LogP contribution in [-0.2, 0) is 20.0 Å². The number of nitrogens with zero attached hydrogens (tertiary/aromatic N) is 2. The molecule has 1 unspecified atom stereocenters. The molecule has 114 valence electrons. The summed E-state index contributed by atoms with van der Waals surface area (Å²) >= 11 is 3.61. The van der Waals surface area contributed by atoms with Crippen LogP contribution in [0.2, 0.25) is 0 Å². The molecule has 0 aliphatic carbocycles. The van der Waals surface area contributed by atoms with Gasteiger partial charge in [0.25, 0.3) is 0 Å². The van der Waals surface area contributed by atoms with Crippen LogP contribution in [-0.4, -0.2) is 9.78 Å². The van der Waals surface area contributed by atoms with E-state index in [0.717, 1.165) is 27.8 Å². The zero-order valence-electron chi connectivity index (χ0n) is 12.9. The standard InChI is InChI=1S/C16H21BrFN3/c1-5-14-16(17)15(21(4)20-14)9-19-11(3)12-7-6-10(2)13(18)8-12/h6-8,11,19H,5,9H2,1-4H3. The first-order chi connectivity index (χ1) is 9.93. The molecular formula is C16H21BrFN3. The SMILES string of the molecule is CCc1nn(C)c(CNC(C)c2ccc(C)c(F)c2)c1Br. The molecule has 0 saturated heterocycles. The molecule has 2 aromatic rings. The lowest BCUT2D eigenvalue weighted by atomic mass is 10.1. The predicted octanol–water partition coefficient (Wildman–Crippen LogP) is 4.04. The van der Waals surface area contributed by atoms with Crippen LogP contribution in [0.4, 0.5) is 4.39 Å². The first kappa shape index (κ1) is 16.2. The second-order valence-corrected chi connectivity index (χ2v) is 6.09. The number of halogens is 2. The maximum Gasteiger partial charge on any atom is 0.126 e. The van der Waals surface area contributed by atoms with Crippen LogP contribution in [0.5, 0.6) is 0 Å². The van der Waals surface area contributed by atoms with Gasteiger partial charge in [0, 0.05) is 19.6 Å². The largest absolute Gasteiger partial charge is 0.305 e. The second-order valence-electron chi connectivity index (χ2n) is 5.30. The number of benzene rings is 1. The van der Waals surface area contributed by atoms with Gasteiger partial charge in [-0.1, -0.05) is 19.1 Å². The minimum absolute atomic E-state index is 0.0759. The lowest BCUT2D eigenvalue weighted by Gasteiger charge is -2.15. The van der Waals surface area contributed by atoms with E-state index >= 15 is 0 Å². The summed E-state index contributed by atoms with van der Waals surface area (Å²) in [6.45, 7) is 6.58. The Morgan fingerprint density at radius 3 is 2.71 bits per heavy atom. The van der Waals surface area contributed by atoms with Crippen LogP contribution in [0.25, 0.3) is 0 Å². The quantitative estimate of drug-likeness (QED) is 0.878. The molecule has 5 heteroatoms. The van der Waals surface area contributed by atoms with Gasteiger partial charge in [-0.2, -0.15) is 5.10 Å². The van der Waals surface area contributed by atoms with Gasteiger partial charge >= 0.3 is 0 Å². The normalized spacial score (nSPS) is 12.7. The van der Waals surface area contributed by atoms with Gasteiger partial charge in [0.2, 0.25) is 0 Å². The molecule has 2 rings (SSSR count). The predicted molar refractivity (Wildman–Crippen MR) is 86.7 cm³/mol. The van der Waals surface area contributed by atoms with Crippen LogP contribution >= 0.6 is 15.9 Å². The van der Waals surface area contributed by atoms with E-state index in [4.69, 9.17) is 0 Å². The first-order valence-electron chi connectivity index (χ1n) is 7.13. The van der Waals surface area contributed by atoms with Gasteiger partial charge in [0.15, 0.2) is 0 Å². The van der Waals surface area contributed by atoms with Gasteiger partial charge in [0.1, 0.15) is 5.82 Å². The van der Waals surface area contributed by atoms with Crippen molar-refractivity contribution in [1.29, 1.82) is 0 Å². The zero-order valence-corrected chi connectivity index (χ0v) is 14.5. The van der Waals surface area contributed by atoms with Gasteiger partial charge in [-0.3, -0.25) is 4.68 Å². The van der Waals surface area contributed by atoms with Gasteiger partial charge in [0.05, 0.1) is 15.9 Å². The number of rotatable bonds is 5. The smallest absolute Gasteiger partial charge is 0.126 e. The molecule has 0 aliphatic heterocycles. The van der Waals surface area contributed by atoms with Gasteiger partial charge in [-0.25, -0.2) is 4.39 Å². The van der Waals surface area contributed by atoms with E-state index in [2.05, 4.69) is 33.3 Å². The summed E-state index contributed by atoms with van der Waals surface area (Å²) in [4.78, 5) is 0. The maximum atomic E-state index is 13.6. The third-order valence-electron chi connectivity index (χ3n) is 3.77. The Morgan fingerprint density at radius 2 is 2.14 bits per heavy atom. The fourth-order valence-electron chi connectivity index (χ4n) is 2.26. The van der Waals surface area contributed by atoms with E-state index in [0.29, 0.717) is 12.1 Å². The van der Waals surface area contributed by atoms with Crippen LogP contribution < -0.4 is 5.32 Å². The Labute approximate surface area is 133 Å². The third-order valence-corrected chi connectivity index (χ3v) is 4.69. The Kier molecular flexibility index (Phi) is 5.17. The molecule has 0 bridgehead atoms. The minimum atomic E-state index is -0.156. The molecule has 1 atom stereocenters. The Morgan fingerprint density at radius 1 is 1.43 bits per heavy atom. The van der Waals surface area contributed by atoms with E-state index in [-0.39, 0.29) is 11.9 Å². The van der Waals surface area contributed by atoms with E-state index in [9.17, 15) is 4.39 Å². The second kappa shape index (κ2) is 6.71. The monoisotopic (exact) mass is 353 g/mol. The fourth-order valence-corrected chi connectivity index (χ4v) is 3.01. The summed E-state index contributed by atoms with van der Waals surface area (Å²) in [5.41, 5.74) is 3.79. The minimum Gasteiger partial charge on any atom is -0.305 e. The summed E-state index contributed by atoms with van der Waals surface area (Å²) in [5.74, 6) is -0.156. The van der Waals surface area contributed by atoms with Crippen molar-refractivity contribution in [2.75, 3.05) is 0 Å². The van der Waals surface area contributed by atoms with Crippen LogP contribution in [0.15, 0.2) is 22.7 Å².